The molecule has 92 valence electrons. The molecule has 2 aromatic carbocycles. The SMILES string of the molecule is CC(=Nc1c(C)cccc1C)c1ccc(O)cc1. The minimum Gasteiger partial charge on any atom is -0.508 e. The summed E-state index contributed by atoms with van der Waals surface area (Å²) in [6, 6.07) is 13.3. The van der Waals surface area contributed by atoms with Gasteiger partial charge in [0.2, 0.25) is 0 Å². The van der Waals surface area contributed by atoms with Gasteiger partial charge >= 0.3 is 0 Å². The molecule has 0 aliphatic carbocycles. The van der Waals surface area contributed by atoms with E-state index in [1.807, 2.05) is 25.1 Å². The molecule has 1 N–H and O–H groups in total. The van der Waals surface area contributed by atoms with Crippen molar-refractivity contribution in [3.05, 3.63) is 59.2 Å². The highest BCUT2D eigenvalue weighted by molar-refractivity contribution is 6.00. The molecule has 0 radical (unpaired) electrons. The lowest BCUT2D eigenvalue weighted by Crippen LogP contribution is -1.94. The van der Waals surface area contributed by atoms with Crippen LogP contribution in [0.15, 0.2) is 47.5 Å². The van der Waals surface area contributed by atoms with Crippen molar-refractivity contribution in [1.29, 1.82) is 0 Å². The van der Waals surface area contributed by atoms with E-state index in [-0.39, 0.29) is 5.75 Å². The molecule has 0 aliphatic heterocycles. The first-order valence-electron chi connectivity index (χ1n) is 5.99. The number of benzene rings is 2. The van der Waals surface area contributed by atoms with Gasteiger partial charge < -0.3 is 5.11 Å². The number of phenolic OH excluding ortho intramolecular Hbond substituents is 1. The fraction of sp³-hybridized carbons (Fsp3) is 0.188. The average Bonchev–Trinajstić information content (AvgIpc) is 2.34. The van der Waals surface area contributed by atoms with Crippen LogP contribution in [0.1, 0.15) is 23.6 Å². The molecular formula is C16H17NO. The van der Waals surface area contributed by atoms with Gasteiger partial charge in [-0.25, -0.2) is 0 Å². The number of nitrogens with zero attached hydrogens (tertiary/aromatic N) is 1. The average molecular weight is 239 g/mol. The lowest BCUT2D eigenvalue weighted by atomic mass is 10.1. The summed E-state index contributed by atoms with van der Waals surface area (Å²) in [7, 11) is 0. The quantitative estimate of drug-likeness (QED) is 0.784. The van der Waals surface area contributed by atoms with Gasteiger partial charge in [-0.2, -0.15) is 0 Å². The topological polar surface area (TPSA) is 32.6 Å². The summed E-state index contributed by atoms with van der Waals surface area (Å²) in [5.41, 5.74) is 5.35. The molecule has 2 rings (SSSR count). The largest absolute Gasteiger partial charge is 0.508 e. The Kier molecular flexibility index (Phi) is 3.47. The summed E-state index contributed by atoms with van der Waals surface area (Å²) in [6.45, 7) is 6.12. The monoisotopic (exact) mass is 239 g/mol. The van der Waals surface area contributed by atoms with Crippen LogP contribution in [0.4, 0.5) is 5.69 Å². The zero-order valence-corrected chi connectivity index (χ0v) is 10.9. The smallest absolute Gasteiger partial charge is 0.115 e. The standard InChI is InChI=1S/C16H17NO/c1-11-5-4-6-12(2)16(11)17-13(3)14-7-9-15(18)10-8-14/h4-10,18H,1-3H3. The van der Waals surface area contributed by atoms with Gasteiger partial charge in [-0.15, -0.1) is 0 Å². The van der Waals surface area contributed by atoms with Gasteiger partial charge in [-0.3, -0.25) is 4.99 Å². The van der Waals surface area contributed by atoms with Crippen LogP contribution in [-0.4, -0.2) is 10.8 Å². The molecule has 0 saturated heterocycles. The van der Waals surface area contributed by atoms with E-state index in [0.717, 1.165) is 17.0 Å². The first kappa shape index (κ1) is 12.4. The maximum absolute atomic E-state index is 9.28. The van der Waals surface area contributed by atoms with E-state index in [4.69, 9.17) is 4.99 Å². The summed E-state index contributed by atoms with van der Waals surface area (Å²) in [5.74, 6) is 0.277. The molecule has 0 amide bonds. The van der Waals surface area contributed by atoms with Gasteiger partial charge in [0.05, 0.1) is 5.69 Å². The summed E-state index contributed by atoms with van der Waals surface area (Å²) in [6.07, 6.45) is 0. The first-order valence-corrected chi connectivity index (χ1v) is 5.99. The number of aryl methyl sites for hydroxylation is 2. The number of hydrogen-bond donors (Lipinski definition) is 1. The van der Waals surface area contributed by atoms with Crippen LogP contribution < -0.4 is 0 Å². The van der Waals surface area contributed by atoms with Crippen LogP contribution in [0.3, 0.4) is 0 Å². The van der Waals surface area contributed by atoms with E-state index in [0.29, 0.717) is 0 Å². The van der Waals surface area contributed by atoms with Crippen molar-refractivity contribution in [2.75, 3.05) is 0 Å². The van der Waals surface area contributed by atoms with Crippen LogP contribution in [0, 0.1) is 13.8 Å². The Morgan fingerprint density at radius 1 is 0.944 bits per heavy atom. The fourth-order valence-electron chi connectivity index (χ4n) is 1.92. The second-order valence-electron chi connectivity index (χ2n) is 4.48. The summed E-state index contributed by atoms with van der Waals surface area (Å²) >= 11 is 0. The molecule has 0 atom stereocenters. The normalized spacial score (nSPS) is 11.6. The van der Waals surface area contributed by atoms with Crippen molar-refractivity contribution in [3.63, 3.8) is 0 Å². The van der Waals surface area contributed by atoms with Crippen LogP contribution >= 0.6 is 0 Å². The van der Waals surface area contributed by atoms with Crippen molar-refractivity contribution in [2.45, 2.75) is 20.8 Å². The number of hydrogen-bond acceptors (Lipinski definition) is 2. The van der Waals surface area contributed by atoms with E-state index in [1.54, 1.807) is 12.1 Å². The molecule has 0 unspecified atom stereocenters. The Morgan fingerprint density at radius 3 is 2.06 bits per heavy atom. The molecule has 0 spiro atoms. The van der Waals surface area contributed by atoms with E-state index in [2.05, 4.69) is 26.0 Å². The minimum absolute atomic E-state index is 0.277. The number of para-hydroxylation sites is 1. The molecule has 0 bridgehead atoms. The minimum atomic E-state index is 0.277. The second-order valence-corrected chi connectivity index (χ2v) is 4.48. The van der Waals surface area contributed by atoms with Crippen LogP contribution in [0.25, 0.3) is 0 Å². The number of aromatic hydroxyl groups is 1. The zero-order chi connectivity index (χ0) is 13.1. The van der Waals surface area contributed by atoms with Gasteiger partial charge in [0.15, 0.2) is 0 Å². The molecule has 0 aromatic heterocycles. The zero-order valence-electron chi connectivity index (χ0n) is 10.9. The molecular weight excluding hydrogens is 222 g/mol. The molecule has 2 heteroatoms. The highest BCUT2D eigenvalue weighted by Crippen LogP contribution is 2.24. The number of aliphatic imine (C=N–C) groups is 1. The van der Waals surface area contributed by atoms with Crippen molar-refractivity contribution in [3.8, 4) is 5.75 Å². The third kappa shape index (κ3) is 2.59. The Labute approximate surface area is 108 Å². The summed E-state index contributed by atoms with van der Waals surface area (Å²) < 4.78 is 0. The van der Waals surface area contributed by atoms with Gasteiger partial charge in [0.1, 0.15) is 5.75 Å². The maximum Gasteiger partial charge on any atom is 0.115 e. The van der Waals surface area contributed by atoms with Crippen LogP contribution in [-0.2, 0) is 0 Å². The highest BCUT2D eigenvalue weighted by Gasteiger charge is 2.02. The predicted octanol–water partition coefficient (Wildman–Crippen LogP) is 4.15. The van der Waals surface area contributed by atoms with E-state index in [1.165, 1.54) is 11.1 Å². The number of phenols is 1. The Morgan fingerprint density at radius 2 is 1.50 bits per heavy atom. The number of rotatable bonds is 2. The molecule has 2 nitrogen and oxygen atoms in total. The van der Waals surface area contributed by atoms with Gasteiger partial charge in [-0.05, 0) is 61.7 Å². The van der Waals surface area contributed by atoms with Gasteiger partial charge in [-0.1, -0.05) is 18.2 Å². The Bertz CT molecular complexity index is 562. The van der Waals surface area contributed by atoms with Crippen molar-refractivity contribution in [2.24, 2.45) is 4.99 Å². The second kappa shape index (κ2) is 5.05. The molecule has 0 saturated carbocycles. The van der Waals surface area contributed by atoms with Gasteiger partial charge in [0.25, 0.3) is 0 Å². The highest BCUT2D eigenvalue weighted by atomic mass is 16.3. The molecule has 2 aromatic rings. The van der Waals surface area contributed by atoms with Crippen molar-refractivity contribution >= 4 is 11.4 Å². The van der Waals surface area contributed by atoms with Crippen molar-refractivity contribution < 1.29 is 5.11 Å². The third-order valence-corrected chi connectivity index (χ3v) is 3.00. The molecule has 18 heavy (non-hydrogen) atoms. The van der Waals surface area contributed by atoms with E-state index in [9.17, 15) is 5.11 Å². The Hall–Kier alpha value is -2.09. The first-order chi connectivity index (χ1) is 8.58. The molecule has 0 aliphatic rings. The van der Waals surface area contributed by atoms with Crippen LogP contribution in [0.2, 0.25) is 0 Å². The molecule has 0 heterocycles. The molecule has 0 fully saturated rings. The van der Waals surface area contributed by atoms with E-state index < -0.39 is 0 Å². The van der Waals surface area contributed by atoms with Crippen molar-refractivity contribution in [1.82, 2.24) is 0 Å². The summed E-state index contributed by atoms with van der Waals surface area (Å²) in [4.78, 5) is 4.69. The predicted molar refractivity (Wildman–Crippen MR) is 75.9 cm³/mol. The lowest BCUT2D eigenvalue weighted by Gasteiger charge is -2.07. The van der Waals surface area contributed by atoms with Gasteiger partial charge in [0, 0.05) is 5.71 Å². The fourth-order valence-corrected chi connectivity index (χ4v) is 1.92. The third-order valence-electron chi connectivity index (χ3n) is 3.00. The van der Waals surface area contributed by atoms with Crippen LogP contribution in [0.5, 0.6) is 5.75 Å². The lowest BCUT2D eigenvalue weighted by molar-refractivity contribution is 0.475. The summed E-state index contributed by atoms with van der Waals surface area (Å²) in [5, 5.41) is 9.28. The van der Waals surface area contributed by atoms with E-state index >= 15 is 0 Å². The Balaban J connectivity index is 2.41. The maximum atomic E-state index is 9.28.